The molecule has 0 saturated carbocycles. The Bertz CT molecular complexity index is 769. The summed E-state index contributed by atoms with van der Waals surface area (Å²) in [6.07, 6.45) is 0.516. The van der Waals surface area contributed by atoms with Gasteiger partial charge in [0.15, 0.2) is 0 Å². The SMILES string of the molecule is Cn1c(C(=O)N2CC[C@@H](C(=O)O)C2)ccc1-c1ccccc1Br. The fraction of sp³-hybridized carbons (Fsp3) is 0.294. The van der Waals surface area contributed by atoms with Gasteiger partial charge in [-0.05, 0) is 24.6 Å². The molecule has 2 aromatic rings. The van der Waals surface area contributed by atoms with Crippen molar-refractivity contribution in [3.63, 3.8) is 0 Å². The number of halogens is 1. The Morgan fingerprint density at radius 3 is 2.61 bits per heavy atom. The van der Waals surface area contributed by atoms with Gasteiger partial charge in [0.25, 0.3) is 5.91 Å². The van der Waals surface area contributed by atoms with Gasteiger partial charge in [0.1, 0.15) is 5.69 Å². The summed E-state index contributed by atoms with van der Waals surface area (Å²) in [4.78, 5) is 25.3. The van der Waals surface area contributed by atoms with Crippen molar-refractivity contribution >= 4 is 27.8 Å². The second kappa shape index (κ2) is 6.20. The number of nitrogens with zero attached hydrogens (tertiary/aromatic N) is 2. The number of rotatable bonds is 3. The third-order valence-electron chi connectivity index (χ3n) is 4.32. The molecule has 1 atom stereocenters. The highest BCUT2D eigenvalue weighted by molar-refractivity contribution is 9.10. The van der Waals surface area contributed by atoms with Crippen LogP contribution in [0.4, 0.5) is 0 Å². The molecule has 1 aliphatic heterocycles. The molecule has 1 aromatic carbocycles. The average molecular weight is 377 g/mol. The highest BCUT2D eigenvalue weighted by Gasteiger charge is 2.32. The topological polar surface area (TPSA) is 62.5 Å². The Labute approximate surface area is 142 Å². The number of aliphatic carboxylic acids is 1. The van der Waals surface area contributed by atoms with E-state index in [-0.39, 0.29) is 12.5 Å². The zero-order chi connectivity index (χ0) is 16.6. The first kappa shape index (κ1) is 15.8. The second-order valence-corrected chi connectivity index (χ2v) is 6.57. The lowest BCUT2D eigenvalue weighted by Crippen LogP contribution is -2.31. The lowest BCUT2D eigenvalue weighted by Gasteiger charge is -2.17. The summed E-state index contributed by atoms with van der Waals surface area (Å²) in [5.41, 5.74) is 2.52. The van der Waals surface area contributed by atoms with Crippen LogP contribution in [-0.4, -0.2) is 39.5 Å². The molecule has 1 aliphatic rings. The van der Waals surface area contributed by atoms with Crippen LogP contribution in [0, 0.1) is 5.92 Å². The van der Waals surface area contributed by atoms with Crippen molar-refractivity contribution in [3.05, 3.63) is 46.6 Å². The number of aromatic nitrogens is 1. The van der Waals surface area contributed by atoms with E-state index in [4.69, 9.17) is 5.11 Å². The van der Waals surface area contributed by atoms with Crippen molar-refractivity contribution in [1.29, 1.82) is 0 Å². The zero-order valence-corrected chi connectivity index (χ0v) is 14.3. The normalized spacial score (nSPS) is 17.5. The maximum atomic E-state index is 12.7. The number of carbonyl (C=O) groups is 2. The monoisotopic (exact) mass is 376 g/mol. The van der Waals surface area contributed by atoms with Crippen molar-refractivity contribution in [2.75, 3.05) is 13.1 Å². The number of hydrogen-bond acceptors (Lipinski definition) is 2. The minimum absolute atomic E-state index is 0.116. The Morgan fingerprint density at radius 1 is 1.22 bits per heavy atom. The minimum Gasteiger partial charge on any atom is -0.481 e. The van der Waals surface area contributed by atoms with Gasteiger partial charge in [-0.3, -0.25) is 9.59 Å². The van der Waals surface area contributed by atoms with E-state index in [1.54, 1.807) is 11.0 Å². The van der Waals surface area contributed by atoms with Crippen molar-refractivity contribution in [1.82, 2.24) is 9.47 Å². The molecule has 0 bridgehead atoms. The molecule has 1 aromatic heterocycles. The molecule has 2 heterocycles. The molecule has 5 nitrogen and oxygen atoms in total. The van der Waals surface area contributed by atoms with Crippen LogP contribution in [0.15, 0.2) is 40.9 Å². The number of benzene rings is 1. The summed E-state index contributed by atoms with van der Waals surface area (Å²) in [5, 5.41) is 9.07. The lowest BCUT2D eigenvalue weighted by atomic mass is 10.1. The van der Waals surface area contributed by atoms with Gasteiger partial charge in [-0.15, -0.1) is 0 Å². The van der Waals surface area contributed by atoms with Gasteiger partial charge in [0.05, 0.1) is 5.92 Å². The Hall–Kier alpha value is -2.08. The molecule has 1 N–H and O–H groups in total. The Morgan fingerprint density at radius 2 is 1.96 bits per heavy atom. The molecular weight excluding hydrogens is 360 g/mol. The number of hydrogen-bond donors (Lipinski definition) is 1. The molecule has 23 heavy (non-hydrogen) atoms. The maximum absolute atomic E-state index is 12.7. The number of carboxylic acid groups (broad SMARTS) is 1. The number of carbonyl (C=O) groups excluding carboxylic acids is 1. The molecular formula is C17H17BrN2O3. The predicted molar refractivity (Wildman–Crippen MR) is 90.2 cm³/mol. The van der Waals surface area contributed by atoms with Crippen molar-refractivity contribution < 1.29 is 14.7 Å². The molecule has 120 valence electrons. The van der Waals surface area contributed by atoms with Crippen LogP contribution in [0.25, 0.3) is 11.3 Å². The first-order chi connectivity index (χ1) is 11.0. The van der Waals surface area contributed by atoms with Gasteiger partial charge in [-0.2, -0.15) is 0 Å². The van der Waals surface area contributed by atoms with E-state index >= 15 is 0 Å². The molecule has 0 unspecified atom stereocenters. The summed E-state index contributed by atoms with van der Waals surface area (Å²) >= 11 is 3.53. The van der Waals surface area contributed by atoms with Crippen LogP contribution in [0.3, 0.4) is 0 Å². The molecule has 6 heteroatoms. The second-order valence-electron chi connectivity index (χ2n) is 5.72. The molecule has 3 rings (SSSR count). The van der Waals surface area contributed by atoms with Crippen LogP contribution in [-0.2, 0) is 11.8 Å². The van der Waals surface area contributed by atoms with E-state index in [2.05, 4.69) is 15.9 Å². The Balaban J connectivity index is 1.87. The van der Waals surface area contributed by atoms with E-state index < -0.39 is 11.9 Å². The summed E-state index contributed by atoms with van der Waals surface area (Å²) in [5.74, 6) is -1.41. The first-order valence-corrected chi connectivity index (χ1v) is 8.21. The van der Waals surface area contributed by atoms with Crippen molar-refractivity contribution in [2.24, 2.45) is 13.0 Å². The number of likely N-dealkylation sites (tertiary alicyclic amines) is 1. The van der Waals surface area contributed by atoms with Crippen molar-refractivity contribution in [2.45, 2.75) is 6.42 Å². The quantitative estimate of drug-likeness (QED) is 0.895. The zero-order valence-electron chi connectivity index (χ0n) is 12.7. The fourth-order valence-electron chi connectivity index (χ4n) is 2.97. The summed E-state index contributed by atoms with van der Waals surface area (Å²) < 4.78 is 2.82. The van der Waals surface area contributed by atoms with E-state index in [1.807, 2.05) is 41.9 Å². The maximum Gasteiger partial charge on any atom is 0.308 e. The van der Waals surface area contributed by atoms with Crippen molar-refractivity contribution in [3.8, 4) is 11.3 Å². The number of amides is 1. The minimum atomic E-state index is -0.832. The van der Waals surface area contributed by atoms with E-state index in [1.165, 1.54) is 0 Å². The fourth-order valence-corrected chi connectivity index (χ4v) is 3.46. The van der Waals surface area contributed by atoms with Gasteiger partial charge in [-0.25, -0.2) is 0 Å². The summed E-state index contributed by atoms with van der Waals surface area (Å²) in [6.45, 7) is 0.773. The van der Waals surface area contributed by atoms with Crippen LogP contribution in [0.1, 0.15) is 16.9 Å². The van der Waals surface area contributed by atoms with Gasteiger partial charge in [-0.1, -0.05) is 34.1 Å². The molecule has 0 spiro atoms. The van der Waals surface area contributed by atoms with E-state index in [0.717, 1.165) is 15.7 Å². The van der Waals surface area contributed by atoms with Crippen LogP contribution in [0.2, 0.25) is 0 Å². The number of carboxylic acids is 1. The summed E-state index contributed by atoms with van der Waals surface area (Å²) in [7, 11) is 1.85. The van der Waals surface area contributed by atoms with Gasteiger partial charge < -0.3 is 14.6 Å². The first-order valence-electron chi connectivity index (χ1n) is 7.41. The third-order valence-corrected chi connectivity index (χ3v) is 5.01. The molecule has 1 amide bonds. The highest BCUT2D eigenvalue weighted by atomic mass is 79.9. The highest BCUT2D eigenvalue weighted by Crippen LogP contribution is 2.30. The standard InChI is InChI=1S/C17H17BrN2O3/c1-19-14(12-4-2-3-5-13(12)18)6-7-15(19)16(21)20-9-8-11(10-20)17(22)23/h2-7,11H,8-10H2,1H3,(H,22,23)/t11-/m1/s1. The van der Waals surface area contributed by atoms with Crippen LogP contribution >= 0.6 is 15.9 Å². The predicted octanol–water partition coefficient (Wildman–Crippen LogP) is 3.00. The smallest absolute Gasteiger partial charge is 0.308 e. The summed E-state index contributed by atoms with van der Waals surface area (Å²) in [6, 6.07) is 11.6. The van der Waals surface area contributed by atoms with Gasteiger partial charge in [0, 0.05) is 35.9 Å². The molecule has 1 saturated heterocycles. The Kier molecular flexibility index (Phi) is 4.26. The largest absolute Gasteiger partial charge is 0.481 e. The lowest BCUT2D eigenvalue weighted by molar-refractivity contribution is -0.141. The van der Waals surface area contributed by atoms with E-state index in [9.17, 15) is 9.59 Å². The molecule has 0 radical (unpaired) electrons. The third kappa shape index (κ3) is 2.91. The van der Waals surface area contributed by atoms with Crippen LogP contribution < -0.4 is 0 Å². The van der Waals surface area contributed by atoms with E-state index in [0.29, 0.717) is 18.7 Å². The van der Waals surface area contributed by atoms with Gasteiger partial charge in [0.2, 0.25) is 0 Å². The average Bonchev–Trinajstić information content (AvgIpc) is 3.14. The van der Waals surface area contributed by atoms with Gasteiger partial charge >= 0.3 is 5.97 Å². The van der Waals surface area contributed by atoms with Crippen LogP contribution in [0.5, 0.6) is 0 Å². The molecule has 0 aliphatic carbocycles. The molecule has 1 fully saturated rings.